The molecule has 12 heavy (non-hydrogen) atoms. The first-order valence-corrected chi connectivity index (χ1v) is 3.85. The second kappa shape index (κ2) is 2.64. The number of benzene rings is 1. The number of rotatable bonds is 1. The molecule has 0 spiro atoms. The molecule has 2 N–H and O–H groups in total. The lowest BCUT2D eigenvalue weighted by molar-refractivity contribution is 0.647. The zero-order valence-corrected chi connectivity index (χ0v) is 7.28. The largest absolute Gasteiger partial charge is 0.480 e. The molecule has 1 atom stereocenters. The predicted octanol–water partition coefficient (Wildman–Crippen LogP) is 1.03. The number of H-pyrrole nitrogens is 2. The summed E-state index contributed by atoms with van der Waals surface area (Å²) in [6.07, 6.45) is 0. The third-order valence-corrected chi connectivity index (χ3v) is 1.95. The summed E-state index contributed by atoms with van der Waals surface area (Å²) in [6, 6.07) is 5.24. The normalized spacial score (nSPS) is 10.4. The Hall–Kier alpha value is -1.28. The number of aromatic nitrogens is 2. The molecule has 0 fully saturated rings. The summed E-state index contributed by atoms with van der Waals surface area (Å²) < 4.78 is 4.90. The number of nitrogens with one attached hydrogen (secondary N) is 2. The van der Waals surface area contributed by atoms with E-state index >= 15 is 0 Å². The van der Waals surface area contributed by atoms with E-state index in [4.69, 9.17) is 4.52 Å². The maximum Gasteiger partial charge on any atom is 0.271 e. The Kier molecular flexibility index (Phi) is 1.62. The monoisotopic (exact) mass is 182 g/mol. The Morgan fingerprint density at radius 3 is 2.92 bits per heavy atom. The molecule has 0 saturated heterocycles. The van der Waals surface area contributed by atoms with Gasteiger partial charge in [-0.2, -0.15) is 0 Å². The highest BCUT2D eigenvalue weighted by atomic mass is 31.0. The maximum absolute atomic E-state index is 11.1. The Morgan fingerprint density at radius 2 is 2.17 bits per heavy atom. The van der Waals surface area contributed by atoms with Crippen LogP contribution in [0.2, 0.25) is 0 Å². The van der Waals surface area contributed by atoms with Crippen molar-refractivity contribution in [2.45, 2.75) is 0 Å². The molecular formula is C7H7N2O2P. The summed E-state index contributed by atoms with van der Waals surface area (Å²) in [5, 5.41) is 5.83. The third kappa shape index (κ3) is 1.01. The van der Waals surface area contributed by atoms with Gasteiger partial charge in [-0.25, -0.2) is 0 Å². The standard InChI is InChI=1S/C7H7N2O2P/c10-7-5-3-4(11-12)1-2-6(5)8-9-7/h1-3H,12H2,(H2,8,9,10). The summed E-state index contributed by atoms with van der Waals surface area (Å²) in [5.41, 5.74) is 0.653. The first-order valence-electron chi connectivity index (χ1n) is 3.38. The van der Waals surface area contributed by atoms with Crippen molar-refractivity contribution in [2.24, 2.45) is 0 Å². The Balaban J connectivity index is 2.80. The van der Waals surface area contributed by atoms with E-state index in [0.29, 0.717) is 11.1 Å². The molecule has 0 aliphatic rings. The molecule has 0 saturated carbocycles. The van der Waals surface area contributed by atoms with Gasteiger partial charge in [0.05, 0.1) is 20.4 Å². The van der Waals surface area contributed by atoms with Crippen molar-refractivity contribution in [2.75, 3.05) is 0 Å². The first kappa shape index (κ1) is 7.37. The second-order valence-electron chi connectivity index (χ2n) is 2.40. The zero-order valence-electron chi connectivity index (χ0n) is 6.13. The summed E-state index contributed by atoms with van der Waals surface area (Å²) >= 11 is 0. The fraction of sp³-hybridized carbons (Fsp3) is 0. The molecule has 0 bridgehead atoms. The van der Waals surface area contributed by atoms with E-state index in [1.165, 1.54) is 0 Å². The van der Waals surface area contributed by atoms with Crippen molar-refractivity contribution in [1.29, 1.82) is 0 Å². The average molecular weight is 182 g/mol. The van der Waals surface area contributed by atoms with Gasteiger partial charge in [-0.1, -0.05) is 0 Å². The number of hydrogen-bond donors (Lipinski definition) is 2. The van der Waals surface area contributed by atoms with Gasteiger partial charge in [-0.15, -0.1) is 0 Å². The van der Waals surface area contributed by atoms with E-state index in [2.05, 4.69) is 19.7 Å². The topological polar surface area (TPSA) is 57.9 Å². The van der Waals surface area contributed by atoms with Crippen molar-refractivity contribution < 1.29 is 4.52 Å². The molecule has 1 unspecified atom stereocenters. The minimum absolute atomic E-state index is 0.131. The number of hydrogen-bond acceptors (Lipinski definition) is 2. The van der Waals surface area contributed by atoms with Crippen LogP contribution in [0.25, 0.3) is 10.9 Å². The van der Waals surface area contributed by atoms with Crippen LogP contribution in [0.15, 0.2) is 23.0 Å². The summed E-state index contributed by atoms with van der Waals surface area (Å²) in [7, 11) is 2.13. The van der Waals surface area contributed by atoms with Crippen LogP contribution in [0.4, 0.5) is 0 Å². The third-order valence-electron chi connectivity index (χ3n) is 1.68. The lowest BCUT2D eigenvalue weighted by atomic mass is 10.2. The van der Waals surface area contributed by atoms with Crippen LogP contribution in [0, 0.1) is 0 Å². The van der Waals surface area contributed by atoms with Gasteiger partial charge in [-0.05, 0) is 18.2 Å². The molecule has 62 valence electrons. The number of aromatic amines is 2. The average Bonchev–Trinajstić information content (AvgIpc) is 2.47. The van der Waals surface area contributed by atoms with Crippen LogP contribution in [-0.2, 0) is 0 Å². The molecule has 2 aromatic rings. The molecule has 0 aliphatic heterocycles. The summed E-state index contributed by atoms with van der Waals surface area (Å²) in [4.78, 5) is 11.1. The molecule has 0 amide bonds. The first-order chi connectivity index (χ1) is 5.81. The minimum atomic E-state index is -0.131. The Morgan fingerprint density at radius 1 is 1.33 bits per heavy atom. The van der Waals surface area contributed by atoms with E-state index in [0.717, 1.165) is 5.52 Å². The Bertz CT molecular complexity index is 460. The highest BCUT2D eigenvalue weighted by molar-refractivity contribution is 7.10. The van der Waals surface area contributed by atoms with Gasteiger partial charge < -0.3 is 4.52 Å². The zero-order chi connectivity index (χ0) is 8.55. The van der Waals surface area contributed by atoms with E-state index in [-0.39, 0.29) is 5.56 Å². The van der Waals surface area contributed by atoms with Gasteiger partial charge >= 0.3 is 0 Å². The summed E-state index contributed by atoms with van der Waals surface area (Å²) in [5.74, 6) is 0.651. The lowest BCUT2D eigenvalue weighted by Crippen LogP contribution is -1.96. The van der Waals surface area contributed by atoms with E-state index in [9.17, 15) is 4.79 Å². The van der Waals surface area contributed by atoms with Crippen LogP contribution >= 0.6 is 9.47 Å². The molecule has 5 heteroatoms. The molecule has 1 aromatic carbocycles. The fourth-order valence-corrected chi connectivity index (χ4v) is 1.23. The predicted molar refractivity (Wildman–Crippen MR) is 49.3 cm³/mol. The van der Waals surface area contributed by atoms with Crippen LogP contribution < -0.4 is 10.1 Å². The molecule has 4 nitrogen and oxygen atoms in total. The van der Waals surface area contributed by atoms with E-state index in [1.54, 1.807) is 18.2 Å². The van der Waals surface area contributed by atoms with Gasteiger partial charge in [0.2, 0.25) is 0 Å². The minimum Gasteiger partial charge on any atom is -0.480 e. The molecule has 1 heterocycles. The van der Waals surface area contributed by atoms with Crippen LogP contribution in [0.3, 0.4) is 0 Å². The second-order valence-corrected chi connectivity index (χ2v) is 2.64. The SMILES string of the molecule is O=c1[nH][nH]c2ccc(OP)cc12. The quantitative estimate of drug-likeness (QED) is 0.647. The van der Waals surface area contributed by atoms with Crippen molar-refractivity contribution in [3.8, 4) is 5.75 Å². The maximum atomic E-state index is 11.1. The van der Waals surface area contributed by atoms with Gasteiger partial charge in [-0.3, -0.25) is 15.0 Å². The molecule has 2 rings (SSSR count). The molecule has 0 radical (unpaired) electrons. The molecular weight excluding hydrogens is 175 g/mol. The summed E-state index contributed by atoms with van der Waals surface area (Å²) in [6.45, 7) is 0. The fourth-order valence-electron chi connectivity index (χ4n) is 1.08. The highest BCUT2D eigenvalue weighted by Crippen LogP contribution is 2.17. The van der Waals surface area contributed by atoms with Gasteiger partial charge in [0.1, 0.15) is 5.75 Å². The van der Waals surface area contributed by atoms with E-state index < -0.39 is 0 Å². The van der Waals surface area contributed by atoms with Crippen molar-refractivity contribution in [1.82, 2.24) is 10.2 Å². The van der Waals surface area contributed by atoms with Gasteiger partial charge in [0, 0.05) is 0 Å². The lowest BCUT2D eigenvalue weighted by Gasteiger charge is -1.96. The van der Waals surface area contributed by atoms with Gasteiger partial charge in [0.15, 0.2) is 0 Å². The van der Waals surface area contributed by atoms with Gasteiger partial charge in [0.25, 0.3) is 5.56 Å². The Labute approximate surface area is 70.2 Å². The van der Waals surface area contributed by atoms with Crippen molar-refractivity contribution >= 4 is 20.4 Å². The highest BCUT2D eigenvalue weighted by Gasteiger charge is 2.00. The smallest absolute Gasteiger partial charge is 0.271 e. The van der Waals surface area contributed by atoms with Crippen molar-refractivity contribution in [3.05, 3.63) is 28.6 Å². The molecule has 1 aromatic heterocycles. The molecule has 0 aliphatic carbocycles. The van der Waals surface area contributed by atoms with Crippen LogP contribution in [0.5, 0.6) is 5.75 Å². The van der Waals surface area contributed by atoms with E-state index in [1.807, 2.05) is 0 Å². The van der Waals surface area contributed by atoms with Crippen LogP contribution in [-0.4, -0.2) is 10.2 Å². The van der Waals surface area contributed by atoms with Crippen molar-refractivity contribution in [3.63, 3.8) is 0 Å². The van der Waals surface area contributed by atoms with Crippen LogP contribution in [0.1, 0.15) is 0 Å². The number of fused-ring (bicyclic) bond motifs is 1.